The van der Waals surface area contributed by atoms with E-state index >= 15 is 0 Å². The van der Waals surface area contributed by atoms with Crippen LogP contribution < -0.4 is 0 Å². The number of ether oxygens (including phenoxy) is 2. The van der Waals surface area contributed by atoms with Crippen molar-refractivity contribution in [2.45, 2.75) is 142 Å². The largest absolute Gasteiger partial charge is 0.465 e. The second-order valence-corrected chi connectivity index (χ2v) is 10.00. The molecule has 0 aromatic heterocycles. The van der Waals surface area contributed by atoms with E-state index in [2.05, 4.69) is 13.8 Å². The number of unbranched alkanes of at least 4 members (excludes halogenated alkanes) is 12. The minimum atomic E-state index is -0.0278. The SMILES string of the molecule is CCCCCCCCCC(=O)OCC1CCC(COC(=O)CCCCCCCCC)CC1. The van der Waals surface area contributed by atoms with Gasteiger partial charge in [0.05, 0.1) is 13.2 Å². The predicted molar refractivity (Wildman–Crippen MR) is 133 cm³/mol. The van der Waals surface area contributed by atoms with E-state index in [9.17, 15) is 9.59 Å². The van der Waals surface area contributed by atoms with Gasteiger partial charge < -0.3 is 9.47 Å². The van der Waals surface area contributed by atoms with Gasteiger partial charge in [-0.3, -0.25) is 9.59 Å². The summed E-state index contributed by atoms with van der Waals surface area (Å²) >= 11 is 0. The number of rotatable bonds is 20. The van der Waals surface area contributed by atoms with Crippen LogP contribution in [0.2, 0.25) is 0 Å². The molecule has 1 saturated carbocycles. The Morgan fingerprint density at radius 2 is 0.844 bits per heavy atom. The van der Waals surface area contributed by atoms with Gasteiger partial charge in [-0.15, -0.1) is 0 Å². The average molecular weight is 453 g/mol. The third-order valence-corrected chi connectivity index (χ3v) is 6.90. The molecular weight excluding hydrogens is 400 g/mol. The van der Waals surface area contributed by atoms with Gasteiger partial charge in [0.15, 0.2) is 0 Å². The van der Waals surface area contributed by atoms with Gasteiger partial charge in [-0.2, -0.15) is 0 Å². The van der Waals surface area contributed by atoms with Crippen LogP contribution >= 0.6 is 0 Å². The van der Waals surface area contributed by atoms with Crippen molar-refractivity contribution in [3.63, 3.8) is 0 Å². The van der Waals surface area contributed by atoms with Gasteiger partial charge in [0.25, 0.3) is 0 Å². The van der Waals surface area contributed by atoms with Crippen LogP contribution in [0.5, 0.6) is 0 Å². The van der Waals surface area contributed by atoms with Crippen molar-refractivity contribution in [3.05, 3.63) is 0 Å². The van der Waals surface area contributed by atoms with Crippen molar-refractivity contribution in [3.8, 4) is 0 Å². The molecule has 4 nitrogen and oxygen atoms in total. The van der Waals surface area contributed by atoms with E-state index in [0.717, 1.165) is 51.4 Å². The van der Waals surface area contributed by atoms with Gasteiger partial charge in [-0.1, -0.05) is 90.9 Å². The molecular formula is C28H52O4. The molecule has 1 fully saturated rings. The zero-order chi connectivity index (χ0) is 23.3. The van der Waals surface area contributed by atoms with Crippen molar-refractivity contribution in [2.75, 3.05) is 13.2 Å². The molecule has 1 aliphatic rings. The molecule has 0 bridgehead atoms. The van der Waals surface area contributed by atoms with E-state index < -0.39 is 0 Å². The Balaban J connectivity index is 1.95. The molecule has 0 aromatic carbocycles. The van der Waals surface area contributed by atoms with Crippen LogP contribution in [-0.2, 0) is 19.1 Å². The molecule has 188 valence electrons. The fourth-order valence-corrected chi connectivity index (χ4v) is 4.58. The maximum absolute atomic E-state index is 12.0. The second-order valence-electron chi connectivity index (χ2n) is 10.00. The third-order valence-electron chi connectivity index (χ3n) is 6.90. The lowest BCUT2D eigenvalue weighted by molar-refractivity contribution is -0.147. The highest BCUT2D eigenvalue weighted by molar-refractivity contribution is 5.69. The normalized spacial score (nSPS) is 18.4. The number of hydrogen-bond acceptors (Lipinski definition) is 4. The summed E-state index contributed by atoms with van der Waals surface area (Å²) in [4.78, 5) is 23.9. The summed E-state index contributed by atoms with van der Waals surface area (Å²) in [6, 6.07) is 0. The summed E-state index contributed by atoms with van der Waals surface area (Å²) < 4.78 is 11.0. The average Bonchev–Trinajstić information content (AvgIpc) is 2.81. The summed E-state index contributed by atoms with van der Waals surface area (Å²) in [5.74, 6) is 0.903. The molecule has 1 aliphatic carbocycles. The van der Waals surface area contributed by atoms with Crippen molar-refractivity contribution in [1.82, 2.24) is 0 Å². The predicted octanol–water partition coefficient (Wildman–Crippen LogP) is 8.16. The lowest BCUT2D eigenvalue weighted by Gasteiger charge is -2.27. The molecule has 0 amide bonds. The molecule has 0 saturated heterocycles. The lowest BCUT2D eigenvalue weighted by atomic mass is 9.83. The van der Waals surface area contributed by atoms with Gasteiger partial charge in [-0.25, -0.2) is 0 Å². The molecule has 0 radical (unpaired) electrons. The fourth-order valence-electron chi connectivity index (χ4n) is 4.58. The van der Waals surface area contributed by atoms with E-state index in [1.54, 1.807) is 0 Å². The smallest absolute Gasteiger partial charge is 0.305 e. The summed E-state index contributed by atoms with van der Waals surface area (Å²) in [5, 5.41) is 0. The molecule has 0 aliphatic heterocycles. The molecule has 4 heteroatoms. The van der Waals surface area contributed by atoms with E-state index in [1.807, 2.05) is 0 Å². The maximum atomic E-state index is 12.0. The Morgan fingerprint density at radius 3 is 1.19 bits per heavy atom. The lowest BCUT2D eigenvalue weighted by Crippen LogP contribution is -2.23. The van der Waals surface area contributed by atoms with Crippen molar-refractivity contribution in [2.24, 2.45) is 11.8 Å². The summed E-state index contributed by atoms with van der Waals surface area (Å²) in [7, 11) is 0. The Morgan fingerprint density at radius 1 is 0.531 bits per heavy atom. The van der Waals surface area contributed by atoms with Crippen LogP contribution in [0.1, 0.15) is 142 Å². The first kappa shape index (κ1) is 29.0. The molecule has 32 heavy (non-hydrogen) atoms. The topological polar surface area (TPSA) is 52.6 Å². The van der Waals surface area contributed by atoms with Crippen LogP contribution in [0, 0.1) is 11.8 Å². The Bertz CT molecular complexity index is 412. The zero-order valence-electron chi connectivity index (χ0n) is 21.3. The van der Waals surface area contributed by atoms with E-state index in [-0.39, 0.29) is 11.9 Å². The quantitative estimate of drug-likeness (QED) is 0.138. The van der Waals surface area contributed by atoms with Gasteiger partial charge in [0.1, 0.15) is 0 Å². The minimum absolute atomic E-state index is 0.0278. The highest BCUT2D eigenvalue weighted by Gasteiger charge is 2.23. The molecule has 0 atom stereocenters. The molecule has 0 spiro atoms. The first-order chi connectivity index (χ1) is 15.7. The Hall–Kier alpha value is -1.06. The van der Waals surface area contributed by atoms with Crippen molar-refractivity contribution < 1.29 is 19.1 Å². The number of hydrogen-bond donors (Lipinski definition) is 0. The maximum Gasteiger partial charge on any atom is 0.305 e. The molecule has 0 unspecified atom stereocenters. The van der Waals surface area contributed by atoms with Crippen LogP contribution in [0.15, 0.2) is 0 Å². The number of carbonyl (C=O) groups is 2. The van der Waals surface area contributed by atoms with E-state index in [1.165, 1.54) is 64.2 Å². The third kappa shape index (κ3) is 16.6. The number of esters is 2. The molecule has 0 N–H and O–H groups in total. The van der Waals surface area contributed by atoms with Crippen LogP contribution in [-0.4, -0.2) is 25.2 Å². The number of carbonyl (C=O) groups excluding carboxylic acids is 2. The zero-order valence-corrected chi connectivity index (χ0v) is 21.3. The molecule has 0 heterocycles. The van der Waals surface area contributed by atoms with E-state index in [4.69, 9.17) is 9.47 Å². The standard InChI is InChI=1S/C28H52O4/c1-3-5-7-9-11-13-15-17-27(29)31-23-25-19-21-26(22-20-25)24-32-28(30)18-16-14-12-10-8-6-4-2/h25-26H,3-24H2,1-2H3. The van der Waals surface area contributed by atoms with E-state index in [0.29, 0.717) is 37.9 Å². The molecule has 1 rings (SSSR count). The summed E-state index contributed by atoms with van der Waals surface area (Å²) in [6.45, 7) is 5.60. The van der Waals surface area contributed by atoms with Crippen LogP contribution in [0.4, 0.5) is 0 Å². The highest BCUT2D eigenvalue weighted by Crippen LogP contribution is 2.29. The first-order valence-corrected chi connectivity index (χ1v) is 14.0. The summed E-state index contributed by atoms with van der Waals surface area (Å²) in [6.07, 6.45) is 22.5. The van der Waals surface area contributed by atoms with Gasteiger partial charge >= 0.3 is 11.9 Å². The highest BCUT2D eigenvalue weighted by atomic mass is 16.5. The molecule has 0 aromatic rings. The summed E-state index contributed by atoms with van der Waals surface area (Å²) in [5.41, 5.74) is 0. The Labute approximate surface area is 198 Å². The Kier molecular flexibility index (Phi) is 18.6. The minimum Gasteiger partial charge on any atom is -0.465 e. The van der Waals surface area contributed by atoms with Crippen molar-refractivity contribution in [1.29, 1.82) is 0 Å². The van der Waals surface area contributed by atoms with Crippen LogP contribution in [0.25, 0.3) is 0 Å². The van der Waals surface area contributed by atoms with Gasteiger partial charge in [0.2, 0.25) is 0 Å². The first-order valence-electron chi connectivity index (χ1n) is 14.0. The second kappa shape index (κ2) is 20.5. The van der Waals surface area contributed by atoms with Gasteiger partial charge in [0, 0.05) is 12.8 Å². The monoisotopic (exact) mass is 452 g/mol. The van der Waals surface area contributed by atoms with Crippen molar-refractivity contribution >= 4 is 11.9 Å². The fraction of sp³-hybridized carbons (Fsp3) is 0.929. The van der Waals surface area contributed by atoms with Crippen LogP contribution in [0.3, 0.4) is 0 Å². The van der Waals surface area contributed by atoms with Gasteiger partial charge in [-0.05, 0) is 50.4 Å².